The molecule has 184 valence electrons. The van der Waals surface area contributed by atoms with E-state index >= 15 is 0 Å². The highest BCUT2D eigenvalue weighted by molar-refractivity contribution is 6.02. The molecule has 0 fully saturated rings. The van der Waals surface area contributed by atoms with Gasteiger partial charge < -0.3 is 24.2 Å². The summed E-state index contributed by atoms with van der Waals surface area (Å²) < 4.78 is 7.35. The predicted octanol–water partition coefficient (Wildman–Crippen LogP) is 3.23. The molecule has 2 aromatic carbocycles. The van der Waals surface area contributed by atoms with Crippen molar-refractivity contribution >= 4 is 28.4 Å². The Morgan fingerprint density at radius 1 is 1.17 bits per heavy atom. The molecule has 2 aliphatic rings. The molecule has 0 radical (unpaired) electrons. The second kappa shape index (κ2) is 8.82. The third-order valence-electron chi connectivity index (χ3n) is 7.20. The molecule has 9 heteroatoms. The van der Waals surface area contributed by atoms with Crippen LogP contribution in [0.4, 0.5) is 5.69 Å². The van der Waals surface area contributed by atoms with E-state index in [1.165, 1.54) is 10.9 Å². The van der Waals surface area contributed by atoms with E-state index in [1.54, 1.807) is 6.92 Å². The first-order valence-corrected chi connectivity index (χ1v) is 12.3. The fourth-order valence-electron chi connectivity index (χ4n) is 5.60. The molecule has 0 spiro atoms. The molecule has 1 N–H and O–H groups in total. The molecule has 0 aliphatic carbocycles. The number of aromatic nitrogens is 3. The van der Waals surface area contributed by atoms with Gasteiger partial charge in [-0.15, -0.1) is 0 Å². The first kappa shape index (κ1) is 22.3. The number of fused-ring (bicyclic) bond motifs is 6. The molecule has 2 amide bonds. The monoisotopic (exact) mass is 484 g/mol. The van der Waals surface area contributed by atoms with Gasteiger partial charge in [-0.1, -0.05) is 35.5 Å². The van der Waals surface area contributed by atoms with Crippen molar-refractivity contribution in [3.63, 3.8) is 0 Å². The van der Waals surface area contributed by atoms with Gasteiger partial charge in [-0.05, 0) is 37.1 Å². The molecule has 2 aliphatic heterocycles. The van der Waals surface area contributed by atoms with Gasteiger partial charge in [-0.3, -0.25) is 9.59 Å². The van der Waals surface area contributed by atoms with Crippen LogP contribution in [0.2, 0.25) is 0 Å². The van der Waals surface area contributed by atoms with Crippen LogP contribution in [0, 0.1) is 6.92 Å². The first-order valence-electron chi connectivity index (χ1n) is 12.3. The topological polar surface area (TPSA) is 96.5 Å². The third kappa shape index (κ3) is 3.62. The molecule has 0 saturated carbocycles. The quantitative estimate of drug-likeness (QED) is 0.451. The zero-order valence-corrected chi connectivity index (χ0v) is 20.4. The maximum absolute atomic E-state index is 13.4. The number of para-hydroxylation sites is 2. The van der Waals surface area contributed by atoms with Crippen molar-refractivity contribution in [3.05, 3.63) is 77.1 Å². The lowest BCUT2D eigenvalue weighted by molar-refractivity contribution is -0.121. The van der Waals surface area contributed by atoms with E-state index < -0.39 is 0 Å². The lowest BCUT2D eigenvalue weighted by Gasteiger charge is -2.46. The lowest BCUT2D eigenvalue weighted by atomic mass is 9.96. The fraction of sp³-hybridized carbons (Fsp3) is 0.333. The number of anilines is 1. The summed E-state index contributed by atoms with van der Waals surface area (Å²) in [6.45, 7) is 3.40. The highest BCUT2D eigenvalue weighted by Gasteiger charge is 2.42. The van der Waals surface area contributed by atoms with Gasteiger partial charge >= 0.3 is 0 Å². The van der Waals surface area contributed by atoms with Crippen LogP contribution in [-0.2, 0) is 24.2 Å². The van der Waals surface area contributed by atoms with Crippen molar-refractivity contribution < 1.29 is 14.1 Å². The van der Waals surface area contributed by atoms with Crippen LogP contribution in [0.3, 0.4) is 0 Å². The molecule has 0 bridgehead atoms. The zero-order chi connectivity index (χ0) is 24.8. The molecule has 36 heavy (non-hydrogen) atoms. The standard InChI is InChI=1S/C27H28N6O3/c1-17-29-24(36-30-17)11-14-28-23(34)13-16-32-22-10-6-3-7-18(22)19-12-15-33-26(25(19)32)31(2)21-9-5-4-8-20(21)27(33)35/h3-10,26H,11-16H2,1-2H3,(H,28,34). The molecular formula is C27H28N6O3. The molecule has 0 saturated heterocycles. The average Bonchev–Trinajstić information content (AvgIpc) is 3.46. The highest BCUT2D eigenvalue weighted by Crippen LogP contribution is 2.44. The van der Waals surface area contributed by atoms with Gasteiger partial charge in [0, 0.05) is 50.4 Å². The summed E-state index contributed by atoms with van der Waals surface area (Å²) in [7, 11) is 2.05. The maximum atomic E-state index is 13.4. The van der Waals surface area contributed by atoms with Crippen molar-refractivity contribution in [2.24, 2.45) is 0 Å². The van der Waals surface area contributed by atoms with E-state index in [1.807, 2.05) is 42.3 Å². The van der Waals surface area contributed by atoms with Crippen LogP contribution >= 0.6 is 0 Å². The number of nitrogens with one attached hydrogen (secondary N) is 1. The molecule has 1 unspecified atom stereocenters. The Kier molecular flexibility index (Phi) is 5.47. The summed E-state index contributed by atoms with van der Waals surface area (Å²) in [5.74, 6) is 1.13. The Morgan fingerprint density at radius 3 is 2.81 bits per heavy atom. The Labute approximate surface area is 208 Å². The van der Waals surface area contributed by atoms with Crippen molar-refractivity contribution in [3.8, 4) is 0 Å². The number of carbonyl (C=O) groups is 2. The van der Waals surface area contributed by atoms with Crippen LogP contribution in [0.1, 0.15) is 45.9 Å². The summed E-state index contributed by atoms with van der Waals surface area (Å²) >= 11 is 0. The van der Waals surface area contributed by atoms with E-state index in [2.05, 4.69) is 43.1 Å². The van der Waals surface area contributed by atoms with Crippen molar-refractivity contribution in [2.45, 2.75) is 38.9 Å². The fourth-order valence-corrected chi connectivity index (χ4v) is 5.60. The molecule has 4 aromatic rings. The van der Waals surface area contributed by atoms with Gasteiger partial charge in [0.15, 0.2) is 5.82 Å². The van der Waals surface area contributed by atoms with Gasteiger partial charge in [0.2, 0.25) is 11.8 Å². The number of hydrogen-bond donors (Lipinski definition) is 1. The average molecular weight is 485 g/mol. The number of nitrogens with zero attached hydrogens (tertiary/aromatic N) is 5. The van der Waals surface area contributed by atoms with Crippen LogP contribution in [0.25, 0.3) is 10.9 Å². The Bertz CT molecular complexity index is 1470. The number of benzene rings is 2. The minimum absolute atomic E-state index is 0.0381. The number of aryl methyl sites for hydroxylation is 2. The summed E-state index contributed by atoms with van der Waals surface area (Å²) in [4.78, 5) is 34.5. The minimum atomic E-state index is -0.215. The van der Waals surface area contributed by atoms with Gasteiger partial charge in [0.1, 0.15) is 6.17 Å². The smallest absolute Gasteiger partial charge is 0.257 e. The number of hydrogen-bond acceptors (Lipinski definition) is 6. The van der Waals surface area contributed by atoms with Crippen molar-refractivity contribution in [1.82, 2.24) is 24.9 Å². The maximum Gasteiger partial charge on any atom is 0.257 e. The van der Waals surface area contributed by atoms with Gasteiger partial charge in [-0.25, -0.2) is 0 Å². The van der Waals surface area contributed by atoms with Gasteiger partial charge in [0.05, 0.1) is 16.9 Å². The highest BCUT2D eigenvalue weighted by atomic mass is 16.5. The first-order chi connectivity index (χ1) is 17.5. The number of amides is 2. The summed E-state index contributed by atoms with van der Waals surface area (Å²) in [6.07, 6.45) is 1.40. The summed E-state index contributed by atoms with van der Waals surface area (Å²) in [5, 5.41) is 7.93. The molecule has 1 atom stereocenters. The zero-order valence-electron chi connectivity index (χ0n) is 20.4. The van der Waals surface area contributed by atoms with E-state index in [9.17, 15) is 9.59 Å². The van der Waals surface area contributed by atoms with E-state index in [4.69, 9.17) is 4.52 Å². The number of rotatable bonds is 6. The second-order valence-corrected chi connectivity index (χ2v) is 9.37. The molecule has 2 aromatic heterocycles. The summed E-state index contributed by atoms with van der Waals surface area (Å²) in [5.41, 5.74) is 5.12. The molecule has 4 heterocycles. The largest absolute Gasteiger partial charge is 0.356 e. The molecule has 6 rings (SSSR count). The van der Waals surface area contributed by atoms with Crippen LogP contribution in [0.15, 0.2) is 53.1 Å². The van der Waals surface area contributed by atoms with E-state index in [0.717, 1.165) is 28.9 Å². The Balaban J connectivity index is 1.29. The number of carbonyl (C=O) groups excluding carboxylic acids is 2. The predicted molar refractivity (Wildman–Crippen MR) is 135 cm³/mol. The normalized spacial score (nSPS) is 16.6. The van der Waals surface area contributed by atoms with Crippen LogP contribution in [-0.4, -0.2) is 51.6 Å². The van der Waals surface area contributed by atoms with Crippen LogP contribution < -0.4 is 10.2 Å². The SMILES string of the molecule is Cc1noc(CCNC(=O)CCn2c3c(c4ccccc42)CCN2C(=O)c4ccccc4N(C)C32)n1. The second-order valence-electron chi connectivity index (χ2n) is 9.37. The van der Waals surface area contributed by atoms with Crippen LogP contribution in [0.5, 0.6) is 0 Å². The minimum Gasteiger partial charge on any atom is -0.356 e. The third-order valence-corrected chi connectivity index (χ3v) is 7.20. The molecule has 9 nitrogen and oxygen atoms in total. The van der Waals surface area contributed by atoms with Crippen molar-refractivity contribution in [1.29, 1.82) is 0 Å². The lowest BCUT2D eigenvalue weighted by Crippen LogP contribution is -2.51. The Morgan fingerprint density at radius 2 is 1.97 bits per heavy atom. The van der Waals surface area contributed by atoms with E-state index in [-0.39, 0.29) is 18.0 Å². The Hall–Kier alpha value is -4.14. The van der Waals surface area contributed by atoms with E-state index in [0.29, 0.717) is 44.2 Å². The van der Waals surface area contributed by atoms with Crippen molar-refractivity contribution in [2.75, 3.05) is 25.0 Å². The summed E-state index contributed by atoms with van der Waals surface area (Å²) in [6, 6.07) is 16.1. The molecular weight excluding hydrogens is 456 g/mol. The van der Waals surface area contributed by atoms with Gasteiger partial charge in [-0.2, -0.15) is 4.98 Å². The van der Waals surface area contributed by atoms with Gasteiger partial charge in [0.25, 0.3) is 5.91 Å².